The molecule has 1 heterocycles. The van der Waals surface area contributed by atoms with E-state index < -0.39 is 17.8 Å². The fourth-order valence-corrected chi connectivity index (χ4v) is 3.45. The number of aryl methyl sites for hydroxylation is 2. The monoisotopic (exact) mass is 335 g/mol. The predicted molar refractivity (Wildman–Crippen MR) is 90.5 cm³/mol. The number of carbonyl (C=O) groups excluding carboxylic acids is 3. The van der Waals surface area contributed by atoms with Gasteiger partial charge in [0.15, 0.2) is 0 Å². The maximum Gasteiger partial charge on any atom is 0.331 e. The number of benzene rings is 2. The highest BCUT2D eigenvalue weighted by Crippen LogP contribution is 2.26. The lowest BCUT2D eigenvalue weighted by molar-refractivity contribution is -0.134. The lowest BCUT2D eigenvalue weighted by atomic mass is 9.92. The smallest absolute Gasteiger partial charge is 0.331 e. The van der Waals surface area contributed by atoms with Gasteiger partial charge in [-0.25, -0.2) is 4.79 Å². The molecule has 1 aliphatic carbocycles. The topological polar surface area (TPSA) is 63.7 Å². The first kappa shape index (κ1) is 15.6. The average molecular weight is 335 g/mol. The van der Waals surface area contributed by atoms with Gasteiger partial charge in [0.1, 0.15) is 12.3 Å². The van der Waals surface area contributed by atoms with Crippen molar-refractivity contribution in [2.75, 3.05) is 6.54 Å². The Morgan fingerprint density at radius 2 is 1.56 bits per heavy atom. The Kier molecular flexibility index (Phi) is 3.84. The van der Waals surface area contributed by atoms with E-state index in [2.05, 4.69) is 0 Å². The Hall–Kier alpha value is -2.95. The van der Waals surface area contributed by atoms with Gasteiger partial charge in [-0.2, -0.15) is 0 Å². The summed E-state index contributed by atoms with van der Waals surface area (Å²) in [6.45, 7) is -0.385. The van der Waals surface area contributed by atoms with E-state index in [1.807, 2.05) is 12.1 Å². The van der Waals surface area contributed by atoms with Crippen molar-refractivity contribution in [3.8, 4) is 5.75 Å². The molecule has 2 aliphatic rings. The van der Waals surface area contributed by atoms with E-state index in [1.165, 1.54) is 17.5 Å². The fraction of sp³-hybridized carbons (Fsp3) is 0.250. The molecule has 5 heteroatoms. The molecule has 4 rings (SSSR count). The van der Waals surface area contributed by atoms with Crippen LogP contribution in [0.5, 0.6) is 5.75 Å². The van der Waals surface area contributed by atoms with Gasteiger partial charge in [-0.1, -0.05) is 18.2 Å². The second-order valence-corrected chi connectivity index (χ2v) is 6.35. The van der Waals surface area contributed by atoms with Crippen LogP contribution in [0.15, 0.2) is 42.5 Å². The number of hydrogen-bond acceptors (Lipinski definition) is 4. The number of nitrogens with zero attached hydrogens (tertiary/aromatic N) is 1. The molecule has 0 unspecified atom stereocenters. The number of ether oxygens (including phenoxy) is 1. The van der Waals surface area contributed by atoms with Crippen molar-refractivity contribution in [1.29, 1.82) is 0 Å². The number of hydrogen-bond donors (Lipinski definition) is 0. The summed E-state index contributed by atoms with van der Waals surface area (Å²) in [7, 11) is 0. The largest absolute Gasteiger partial charge is 0.425 e. The first-order valence-electron chi connectivity index (χ1n) is 8.41. The average Bonchev–Trinajstić information content (AvgIpc) is 2.87. The number of fused-ring (bicyclic) bond motifs is 2. The summed E-state index contributed by atoms with van der Waals surface area (Å²) < 4.78 is 5.35. The summed E-state index contributed by atoms with van der Waals surface area (Å²) in [5.74, 6) is -1.07. The Morgan fingerprint density at radius 1 is 0.920 bits per heavy atom. The van der Waals surface area contributed by atoms with Crippen molar-refractivity contribution >= 4 is 17.8 Å². The molecule has 25 heavy (non-hydrogen) atoms. The van der Waals surface area contributed by atoms with Gasteiger partial charge >= 0.3 is 5.97 Å². The predicted octanol–water partition coefficient (Wildman–Crippen LogP) is 2.77. The number of esters is 1. The third kappa shape index (κ3) is 2.82. The minimum absolute atomic E-state index is 0.328. The summed E-state index contributed by atoms with van der Waals surface area (Å²) in [6.07, 6.45) is 4.36. The molecule has 0 atom stereocenters. The lowest BCUT2D eigenvalue weighted by Crippen LogP contribution is -2.36. The van der Waals surface area contributed by atoms with Gasteiger partial charge in [-0.3, -0.25) is 14.5 Å². The van der Waals surface area contributed by atoms with Gasteiger partial charge in [0.25, 0.3) is 11.8 Å². The number of imide groups is 1. The van der Waals surface area contributed by atoms with Crippen molar-refractivity contribution in [3.05, 3.63) is 64.7 Å². The first-order chi connectivity index (χ1) is 12.1. The minimum atomic E-state index is -0.620. The number of rotatable bonds is 3. The van der Waals surface area contributed by atoms with E-state index in [0.717, 1.165) is 24.2 Å². The van der Waals surface area contributed by atoms with Crippen LogP contribution in [0, 0.1) is 0 Å². The second-order valence-electron chi connectivity index (χ2n) is 6.35. The highest BCUT2D eigenvalue weighted by molar-refractivity contribution is 6.22. The van der Waals surface area contributed by atoms with Gasteiger partial charge in [0.2, 0.25) is 0 Å². The zero-order valence-electron chi connectivity index (χ0n) is 13.7. The van der Waals surface area contributed by atoms with Crippen LogP contribution in [0.2, 0.25) is 0 Å². The van der Waals surface area contributed by atoms with E-state index in [0.29, 0.717) is 16.9 Å². The van der Waals surface area contributed by atoms with Crippen LogP contribution < -0.4 is 4.74 Å². The summed E-state index contributed by atoms with van der Waals surface area (Å²) >= 11 is 0. The molecule has 0 saturated carbocycles. The van der Waals surface area contributed by atoms with Crippen molar-refractivity contribution in [2.45, 2.75) is 25.7 Å². The molecule has 2 amide bonds. The molecule has 0 fully saturated rings. The molecule has 126 valence electrons. The highest BCUT2D eigenvalue weighted by atomic mass is 16.5. The van der Waals surface area contributed by atoms with Crippen LogP contribution in [0.1, 0.15) is 44.7 Å². The summed E-state index contributed by atoms with van der Waals surface area (Å²) in [5.41, 5.74) is 3.16. The van der Waals surface area contributed by atoms with Crippen LogP contribution in [-0.4, -0.2) is 29.2 Å². The minimum Gasteiger partial charge on any atom is -0.425 e. The van der Waals surface area contributed by atoms with Gasteiger partial charge in [-0.05, 0) is 61.1 Å². The van der Waals surface area contributed by atoms with Crippen LogP contribution >= 0.6 is 0 Å². The molecular weight excluding hydrogens is 318 g/mol. The molecule has 0 bridgehead atoms. The number of carbonyl (C=O) groups is 3. The molecule has 5 nitrogen and oxygen atoms in total. The second kappa shape index (κ2) is 6.16. The van der Waals surface area contributed by atoms with Crippen LogP contribution in [0.25, 0.3) is 0 Å². The molecule has 2 aromatic rings. The van der Waals surface area contributed by atoms with E-state index in [9.17, 15) is 14.4 Å². The molecule has 0 spiro atoms. The Labute approximate surface area is 145 Å². The van der Waals surface area contributed by atoms with E-state index in [-0.39, 0.29) is 6.54 Å². The summed E-state index contributed by atoms with van der Waals surface area (Å²) in [5, 5.41) is 0. The highest BCUT2D eigenvalue weighted by Gasteiger charge is 2.36. The normalized spacial score (nSPS) is 15.8. The molecule has 0 N–H and O–H groups in total. The van der Waals surface area contributed by atoms with E-state index >= 15 is 0 Å². The molecule has 1 aliphatic heterocycles. The molecule has 0 saturated heterocycles. The van der Waals surface area contributed by atoms with Crippen LogP contribution in [0.4, 0.5) is 0 Å². The number of amides is 2. The SMILES string of the molecule is O=C(CN1C(=O)c2ccccc2C1=O)Oc1ccc2c(c1)CCCC2. The van der Waals surface area contributed by atoms with Crippen molar-refractivity contribution in [3.63, 3.8) is 0 Å². The third-order valence-corrected chi connectivity index (χ3v) is 4.72. The summed E-state index contributed by atoms with van der Waals surface area (Å²) in [6, 6.07) is 12.2. The van der Waals surface area contributed by atoms with E-state index in [4.69, 9.17) is 4.74 Å². The fourth-order valence-electron chi connectivity index (χ4n) is 3.45. The third-order valence-electron chi connectivity index (χ3n) is 4.72. The molecule has 0 radical (unpaired) electrons. The molecule has 2 aromatic carbocycles. The van der Waals surface area contributed by atoms with Gasteiger partial charge in [-0.15, -0.1) is 0 Å². The van der Waals surface area contributed by atoms with E-state index in [1.54, 1.807) is 30.3 Å². The molecule has 0 aromatic heterocycles. The van der Waals surface area contributed by atoms with Gasteiger partial charge in [0, 0.05) is 0 Å². The standard InChI is InChI=1S/C20H17NO4/c22-18(25-15-10-9-13-5-1-2-6-14(13)11-15)12-21-19(23)16-7-3-4-8-17(16)20(21)24/h3-4,7-11H,1-2,5-6,12H2. The zero-order chi connectivity index (χ0) is 17.4. The lowest BCUT2D eigenvalue weighted by Gasteiger charge is -2.17. The van der Waals surface area contributed by atoms with Crippen molar-refractivity contribution < 1.29 is 19.1 Å². The van der Waals surface area contributed by atoms with Gasteiger partial charge in [0.05, 0.1) is 11.1 Å². The maximum absolute atomic E-state index is 12.3. The zero-order valence-corrected chi connectivity index (χ0v) is 13.7. The van der Waals surface area contributed by atoms with Crippen LogP contribution in [-0.2, 0) is 17.6 Å². The summed E-state index contributed by atoms with van der Waals surface area (Å²) in [4.78, 5) is 37.7. The van der Waals surface area contributed by atoms with Crippen molar-refractivity contribution in [1.82, 2.24) is 4.90 Å². The first-order valence-corrected chi connectivity index (χ1v) is 8.41. The van der Waals surface area contributed by atoms with Gasteiger partial charge < -0.3 is 4.74 Å². The Bertz CT molecular complexity index is 852. The Balaban J connectivity index is 1.46. The maximum atomic E-state index is 12.3. The van der Waals surface area contributed by atoms with Crippen LogP contribution in [0.3, 0.4) is 0 Å². The molecular formula is C20H17NO4. The van der Waals surface area contributed by atoms with Crippen molar-refractivity contribution in [2.24, 2.45) is 0 Å². The Morgan fingerprint density at radius 3 is 2.24 bits per heavy atom. The quantitative estimate of drug-likeness (QED) is 0.491.